The molecule has 68 valence electrons. The first-order valence-corrected chi connectivity index (χ1v) is 5.32. The molecular formula is C10H16ClN. The molecular weight excluding hydrogens is 170 g/mol. The van der Waals surface area contributed by atoms with Crippen LogP contribution < -0.4 is 5.32 Å². The Morgan fingerprint density at radius 1 is 1.33 bits per heavy atom. The maximum Gasteiger partial charge on any atom is 0.0149 e. The SMILES string of the molecule is Cl/C=C/CNC1CC2CCC1C2. The van der Waals surface area contributed by atoms with E-state index < -0.39 is 0 Å². The van der Waals surface area contributed by atoms with Gasteiger partial charge in [-0.1, -0.05) is 24.1 Å². The van der Waals surface area contributed by atoms with Gasteiger partial charge in [-0.2, -0.15) is 0 Å². The van der Waals surface area contributed by atoms with Crippen molar-refractivity contribution in [3.05, 3.63) is 11.6 Å². The van der Waals surface area contributed by atoms with E-state index in [4.69, 9.17) is 11.6 Å². The van der Waals surface area contributed by atoms with E-state index in [9.17, 15) is 0 Å². The lowest BCUT2D eigenvalue weighted by Gasteiger charge is -2.21. The summed E-state index contributed by atoms with van der Waals surface area (Å²) in [6.45, 7) is 0.942. The minimum absolute atomic E-state index is 0.789. The Kier molecular flexibility index (Phi) is 2.72. The summed E-state index contributed by atoms with van der Waals surface area (Å²) in [5.74, 6) is 2.01. The highest BCUT2D eigenvalue weighted by Gasteiger charge is 2.38. The van der Waals surface area contributed by atoms with Gasteiger partial charge in [-0.05, 0) is 31.1 Å². The molecule has 0 amide bonds. The number of nitrogens with one attached hydrogen (secondary N) is 1. The molecule has 0 spiro atoms. The molecule has 2 saturated carbocycles. The Hall–Kier alpha value is -0.0100. The van der Waals surface area contributed by atoms with Crippen molar-refractivity contribution < 1.29 is 0 Å². The molecule has 1 nitrogen and oxygen atoms in total. The summed E-state index contributed by atoms with van der Waals surface area (Å²) in [4.78, 5) is 0. The predicted molar refractivity (Wildman–Crippen MR) is 52.2 cm³/mol. The Labute approximate surface area is 79.2 Å². The van der Waals surface area contributed by atoms with Crippen LogP contribution >= 0.6 is 11.6 Å². The molecule has 2 aliphatic rings. The van der Waals surface area contributed by atoms with Crippen LogP contribution in [0.3, 0.4) is 0 Å². The lowest BCUT2D eigenvalue weighted by Crippen LogP contribution is -2.33. The largest absolute Gasteiger partial charge is 0.310 e. The van der Waals surface area contributed by atoms with Gasteiger partial charge in [-0.3, -0.25) is 0 Å². The van der Waals surface area contributed by atoms with Crippen LogP contribution in [0.25, 0.3) is 0 Å². The van der Waals surface area contributed by atoms with Crippen molar-refractivity contribution in [2.75, 3.05) is 6.54 Å². The molecule has 2 rings (SSSR count). The summed E-state index contributed by atoms with van der Waals surface area (Å²) in [6.07, 6.45) is 7.79. The third kappa shape index (κ3) is 1.67. The van der Waals surface area contributed by atoms with Crippen molar-refractivity contribution in [3.63, 3.8) is 0 Å². The monoisotopic (exact) mass is 185 g/mol. The van der Waals surface area contributed by atoms with Crippen LogP contribution in [0.4, 0.5) is 0 Å². The first-order chi connectivity index (χ1) is 5.90. The average molecular weight is 186 g/mol. The highest BCUT2D eigenvalue weighted by atomic mass is 35.5. The number of hydrogen-bond acceptors (Lipinski definition) is 1. The van der Waals surface area contributed by atoms with E-state index in [1.165, 1.54) is 25.7 Å². The quantitative estimate of drug-likeness (QED) is 0.713. The Morgan fingerprint density at radius 2 is 2.25 bits per heavy atom. The molecule has 2 aliphatic carbocycles. The van der Waals surface area contributed by atoms with Crippen LogP contribution in [0.15, 0.2) is 11.6 Å². The molecule has 0 saturated heterocycles. The van der Waals surface area contributed by atoms with Crippen LogP contribution in [0.1, 0.15) is 25.7 Å². The minimum atomic E-state index is 0.789. The second kappa shape index (κ2) is 3.80. The lowest BCUT2D eigenvalue weighted by molar-refractivity contribution is 0.363. The van der Waals surface area contributed by atoms with Crippen molar-refractivity contribution in [2.45, 2.75) is 31.7 Å². The average Bonchev–Trinajstić information content (AvgIpc) is 2.65. The second-order valence-corrected chi connectivity index (χ2v) is 4.30. The molecule has 3 unspecified atom stereocenters. The number of rotatable bonds is 3. The molecule has 2 bridgehead atoms. The molecule has 2 heteroatoms. The zero-order valence-electron chi connectivity index (χ0n) is 7.30. The van der Waals surface area contributed by atoms with Crippen LogP contribution in [-0.2, 0) is 0 Å². The third-order valence-corrected chi connectivity index (χ3v) is 3.50. The number of fused-ring (bicyclic) bond motifs is 2. The van der Waals surface area contributed by atoms with Gasteiger partial charge in [0.25, 0.3) is 0 Å². The normalized spacial score (nSPS) is 39.9. The fourth-order valence-corrected chi connectivity index (χ4v) is 2.85. The van der Waals surface area contributed by atoms with Crippen LogP contribution in [-0.4, -0.2) is 12.6 Å². The Bertz CT molecular complexity index is 179. The maximum absolute atomic E-state index is 5.45. The number of halogens is 1. The molecule has 2 fully saturated rings. The maximum atomic E-state index is 5.45. The van der Waals surface area contributed by atoms with Gasteiger partial charge >= 0.3 is 0 Å². The van der Waals surface area contributed by atoms with Gasteiger partial charge in [0.1, 0.15) is 0 Å². The zero-order chi connectivity index (χ0) is 8.39. The summed E-state index contributed by atoms with van der Waals surface area (Å²) in [7, 11) is 0. The lowest BCUT2D eigenvalue weighted by atomic mass is 9.95. The standard InChI is InChI=1S/C10H16ClN/c11-4-1-5-12-10-7-8-2-3-9(10)6-8/h1,4,8-10,12H,2-3,5-7H2/b4-1+. The van der Waals surface area contributed by atoms with Crippen LogP contribution in [0.5, 0.6) is 0 Å². The third-order valence-electron chi connectivity index (χ3n) is 3.33. The topological polar surface area (TPSA) is 12.0 Å². The second-order valence-electron chi connectivity index (χ2n) is 4.05. The highest BCUT2D eigenvalue weighted by molar-refractivity contribution is 6.25. The fourth-order valence-electron chi connectivity index (χ4n) is 2.76. The first kappa shape index (κ1) is 8.58. The molecule has 12 heavy (non-hydrogen) atoms. The van der Waals surface area contributed by atoms with Crippen molar-refractivity contribution in [1.82, 2.24) is 5.32 Å². The smallest absolute Gasteiger partial charge is 0.0149 e. The van der Waals surface area contributed by atoms with Crippen LogP contribution in [0.2, 0.25) is 0 Å². The summed E-state index contributed by atoms with van der Waals surface area (Å²) < 4.78 is 0. The summed E-state index contributed by atoms with van der Waals surface area (Å²) in [5, 5.41) is 3.54. The molecule has 0 aromatic rings. The molecule has 0 radical (unpaired) electrons. The van der Waals surface area contributed by atoms with E-state index in [0.717, 1.165) is 24.4 Å². The van der Waals surface area contributed by atoms with Gasteiger partial charge in [0.05, 0.1) is 0 Å². The van der Waals surface area contributed by atoms with Gasteiger partial charge in [0, 0.05) is 18.1 Å². The van der Waals surface area contributed by atoms with E-state index in [2.05, 4.69) is 5.32 Å². The molecule has 3 atom stereocenters. The summed E-state index contributed by atoms with van der Waals surface area (Å²) >= 11 is 5.45. The minimum Gasteiger partial charge on any atom is -0.310 e. The van der Waals surface area contributed by atoms with Crippen molar-refractivity contribution in [3.8, 4) is 0 Å². The van der Waals surface area contributed by atoms with Gasteiger partial charge in [-0.15, -0.1) is 0 Å². The summed E-state index contributed by atoms with van der Waals surface area (Å²) in [6, 6.07) is 0.789. The predicted octanol–water partition coefficient (Wildman–Crippen LogP) is 2.52. The molecule has 0 heterocycles. The van der Waals surface area contributed by atoms with E-state index in [1.807, 2.05) is 6.08 Å². The van der Waals surface area contributed by atoms with Gasteiger partial charge < -0.3 is 5.32 Å². The first-order valence-electron chi connectivity index (χ1n) is 4.88. The number of hydrogen-bond donors (Lipinski definition) is 1. The van der Waals surface area contributed by atoms with E-state index >= 15 is 0 Å². The highest BCUT2D eigenvalue weighted by Crippen LogP contribution is 2.44. The Balaban J connectivity index is 1.75. The molecule has 0 aromatic heterocycles. The molecule has 1 N–H and O–H groups in total. The van der Waals surface area contributed by atoms with Crippen molar-refractivity contribution in [2.24, 2.45) is 11.8 Å². The van der Waals surface area contributed by atoms with E-state index in [-0.39, 0.29) is 0 Å². The van der Waals surface area contributed by atoms with Gasteiger partial charge in [0.2, 0.25) is 0 Å². The van der Waals surface area contributed by atoms with E-state index in [1.54, 1.807) is 5.54 Å². The van der Waals surface area contributed by atoms with Gasteiger partial charge in [-0.25, -0.2) is 0 Å². The van der Waals surface area contributed by atoms with Crippen molar-refractivity contribution in [1.29, 1.82) is 0 Å². The van der Waals surface area contributed by atoms with Crippen LogP contribution in [0, 0.1) is 11.8 Å². The van der Waals surface area contributed by atoms with Gasteiger partial charge in [0.15, 0.2) is 0 Å². The molecule has 0 aromatic carbocycles. The zero-order valence-corrected chi connectivity index (χ0v) is 8.06. The van der Waals surface area contributed by atoms with E-state index in [0.29, 0.717) is 0 Å². The summed E-state index contributed by atoms with van der Waals surface area (Å²) in [5.41, 5.74) is 1.60. The van der Waals surface area contributed by atoms with Crippen molar-refractivity contribution >= 4 is 11.6 Å². The Morgan fingerprint density at radius 3 is 2.83 bits per heavy atom. The fraction of sp³-hybridized carbons (Fsp3) is 0.800. The molecule has 0 aliphatic heterocycles.